The van der Waals surface area contributed by atoms with Crippen molar-refractivity contribution in [3.8, 4) is 0 Å². The summed E-state index contributed by atoms with van der Waals surface area (Å²) in [6.07, 6.45) is 1.06. The van der Waals surface area contributed by atoms with E-state index in [0.717, 1.165) is 10.6 Å². The van der Waals surface area contributed by atoms with Gasteiger partial charge in [0.2, 0.25) is 15.9 Å². The Hall–Kier alpha value is -0.660. The van der Waals surface area contributed by atoms with Gasteiger partial charge in [0.1, 0.15) is 0 Å². The monoisotopic (exact) mass is 209 g/mol. The van der Waals surface area contributed by atoms with Crippen molar-refractivity contribution in [2.75, 3.05) is 26.0 Å². The fourth-order valence-electron chi connectivity index (χ4n) is 0.793. The molecule has 0 atom stereocenters. The van der Waals surface area contributed by atoms with E-state index in [1.807, 2.05) is 0 Å². The SMILES string of the molecule is CCN(CC(=O)NCN)S(C)(=O)=O. The number of sulfonamides is 1. The quantitative estimate of drug-likeness (QED) is 0.528. The van der Waals surface area contributed by atoms with Gasteiger partial charge in [0.25, 0.3) is 0 Å². The summed E-state index contributed by atoms with van der Waals surface area (Å²) in [6, 6.07) is 0. The maximum atomic E-state index is 11.0. The molecule has 0 aromatic carbocycles. The van der Waals surface area contributed by atoms with Crippen LogP contribution in [0.3, 0.4) is 0 Å². The zero-order valence-corrected chi connectivity index (χ0v) is 8.60. The summed E-state index contributed by atoms with van der Waals surface area (Å²) in [5.41, 5.74) is 5.06. The van der Waals surface area contributed by atoms with Gasteiger partial charge in [-0.05, 0) is 0 Å². The molecule has 13 heavy (non-hydrogen) atoms. The van der Waals surface area contributed by atoms with E-state index in [-0.39, 0.29) is 19.8 Å². The minimum atomic E-state index is -3.30. The fraction of sp³-hybridized carbons (Fsp3) is 0.833. The van der Waals surface area contributed by atoms with Crippen LogP contribution in [0.25, 0.3) is 0 Å². The summed E-state index contributed by atoms with van der Waals surface area (Å²) in [5.74, 6) is -0.394. The minimum absolute atomic E-state index is 0.0140. The Balaban J connectivity index is 4.23. The largest absolute Gasteiger partial charge is 0.343 e. The maximum absolute atomic E-state index is 11.0. The first-order valence-corrected chi connectivity index (χ1v) is 5.68. The fourth-order valence-corrected chi connectivity index (χ4v) is 1.61. The number of rotatable bonds is 5. The lowest BCUT2D eigenvalue weighted by Gasteiger charge is -2.16. The molecule has 1 amide bonds. The highest BCUT2D eigenvalue weighted by Gasteiger charge is 2.17. The van der Waals surface area contributed by atoms with Crippen LogP contribution >= 0.6 is 0 Å². The predicted molar refractivity (Wildman–Crippen MR) is 49.3 cm³/mol. The molecular weight excluding hydrogens is 194 g/mol. The second kappa shape index (κ2) is 5.15. The number of carbonyl (C=O) groups excluding carboxylic acids is 1. The normalized spacial score (nSPS) is 11.7. The van der Waals surface area contributed by atoms with Crippen LogP contribution in [0, 0.1) is 0 Å². The molecule has 0 unspecified atom stereocenters. The van der Waals surface area contributed by atoms with Crippen LogP contribution in [0.1, 0.15) is 6.92 Å². The highest BCUT2D eigenvalue weighted by molar-refractivity contribution is 7.88. The Morgan fingerprint density at radius 2 is 2.08 bits per heavy atom. The molecule has 0 bridgehead atoms. The zero-order chi connectivity index (χ0) is 10.5. The molecule has 0 spiro atoms. The Bertz CT molecular complexity index is 262. The van der Waals surface area contributed by atoms with E-state index in [1.165, 1.54) is 0 Å². The number of nitrogens with one attached hydrogen (secondary N) is 1. The molecular formula is C6H15N3O3S. The van der Waals surface area contributed by atoms with Crippen molar-refractivity contribution >= 4 is 15.9 Å². The molecule has 0 heterocycles. The van der Waals surface area contributed by atoms with Gasteiger partial charge in [-0.3, -0.25) is 4.79 Å². The van der Waals surface area contributed by atoms with E-state index in [0.29, 0.717) is 0 Å². The lowest BCUT2D eigenvalue weighted by Crippen LogP contribution is -2.41. The van der Waals surface area contributed by atoms with E-state index in [2.05, 4.69) is 5.32 Å². The summed E-state index contributed by atoms with van der Waals surface area (Å²) in [7, 11) is -3.30. The van der Waals surface area contributed by atoms with Crippen LogP contribution in [-0.4, -0.2) is 44.6 Å². The summed E-state index contributed by atoms with van der Waals surface area (Å²) >= 11 is 0. The van der Waals surface area contributed by atoms with Gasteiger partial charge in [-0.2, -0.15) is 4.31 Å². The lowest BCUT2D eigenvalue weighted by molar-refractivity contribution is -0.121. The smallest absolute Gasteiger partial charge is 0.236 e. The first kappa shape index (κ1) is 12.3. The Labute approximate surface area is 78.1 Å². The third-order valence-corrected chi connectivity index (χ3v) is 2.77. The average Bonchev–Trinajstić information content (AvgIpc) is 1.98. The van der Waals surface area contributed by atoms with E-state index < -0.39 is 15.9 Å². The van der Waals surface area contributed by atoms with E-state index in [9.17, 15) is 13.2 Å². The molecule has 3 N–H and O–H groups in total. The molecule has 78 valence electrons. The maximum Gasteiger partial charge on any atom is 0.236 e. The molecule has 0 aromatic rings. The summed E-state index contributed by atoms with van der Waals surface area (Å²) < 4.78 is 23.1. The molecule has 0 rings (SSSR count). The van der Waals surface area contributed by atoms with Crippen LogP contribution in [-0.2, 0) is 14.8 Å². The van der Waals surface area contributed by atoms with Crippen LogP contribution in [0.5, 0.6) is 0 Å². The van der Waals surface area contributed by atoms with Crippen LogP contribution in [0.4, 0.5) is 0 Å². The van der Waals surface area contributed by atoms with Crippen molar-refractivity contribution in [1.29, 1.82) is 0 Å². The Morgan fingerprint density at radius 1 is 1.54 bits per heavy atom. The van der Waals surface area contributed by atoms with Crippen molar-refractivity contribution in [2.24, 2.45) is 5.73 Å². The Morgan fingerprint density at radius 3 is 2.38 bits per heavy atom. The minimum Gasteiger partial charge on any atom is -0.343 e. The van der Waals surface area contributed by atoms with Gasteiger partial charge >= 0.3 is 0 Å². The second-order valence-corrected chi connectivity index (χ2v) is 4.48. The number of amides is 1. The van der Waals surface area contributed by atoms with Gasteiger partial charge in [-0.25, -0.2) is 8.42 Å². The van der Waals surface area contributed by atoms with Crippen molar-refractivity contribution in [3.63, 3.8) is 0 Å². The van der Waals surface area contributed by atoms with Gasteiger partial charge in [0, 0.05) is 6.54 Å². The Kier molecular flexibility index (Phi) is 4.89. The highest BCUT2D eigenvalue weighted by atomic mass is 32.2. The van der Waals surface area contributed by atoms with Gasteiger partial charge in [-0.15, -0.1) is 0 Å². The van der Waals surface area contributed by atoms with Crippen molar-refractivity contribution < 1.29 is 13.2 Å². The molecule has 0 fully saturated rings. The van der Waals surface area contributed by atoms with Gasteiger partial charge in [0.15, 0.2) is 0 Å². The molecule has 0 saturated heterocycles. The lowest BCUT2D eigenvalue weighted by atomic mass is 10.5. The van der Waals surface area contributed by atoms with E-state index >= 15 is 0 Å². The average molecular weight is 209 g/mol. The summed E-state index contributed by atoms with van der Waals surface area (Å²) in [4.78, 5) is 11.0. The van der Waals surface area contributed by atoms with Crippen LogP contribution < -0.4 is 11.1 Å². The topological polar surface area (TPSA) is 92.5 Å². The predicted octanol–water partition coefficient (Wildman–Crippen LogP) is -1.70. The highest BCUT2D eigenvalue weighted by Crippen LogP contribution is 1.95. The number of nitrogens with zero attached hydrogens (tertiary/aromatic N) is 1. The van der Waals surface area contributed by atoms with Crippen LogP contribution in [0.2, 0.25) is 0 Å². The third-order valence-electron chi connectivity index (χ3n) is 1.44. The number of hydrogen-bond donors (Lipinski definition) is 2. The number of likely N-dealkylation sites (N-methyl/N-ethyl adjacent to an activating group) is 1. The summed E-state index contributed by atoms with van der Waals surface area (Å²) in [6.45, 7) is 1.78. The molecule has 0 aliphatic rings. The molecule has 0 aliphatic heterocycles. The second-order valence-electron chi connectivity index (χ2n) is 2.49. The van der Waals surface area contributed by atoms with Gasteiger partial charge in [0.05, 0.1) is 19.5 Å². The van der Waals surface area contributed by atoms with Crippen LogP contribution in [0.15, 0.2) is 0 Å². The van der Waals surface area contributed by atoms with E-state index in [4.69, 9.17) is 5.73 Å². The number of carbonyl (C=O) groups is 1. The van der Waals surface area contributed by atoms with Crippen molar-refractivity contribution in [2.45, 2.75) is 6.92 Å². The number of nitrogens with two attached hydrogens (primary N) is 1. The van der Waals surface area contributed by atoms with Crippen molar-refractivity contribution in [3.05, 3.63) is 0 Å². The molecule has 0 radical (unpaired) electrons. The van der Waals surface area contributed by atoms with E-state index in [1.54, 1.807) is 6.92 Å². The summed E-state index contributed by atoms with van der Waals surface area (Å²) in [5, 5.41) is 2.32. The van der Waals surface area contributed by atoms with Crippen molar-refractivity contribution in [1.82, 2.24) is 9.62 Å². The molecule has 7 heteroatoms. The van der Waals surface area contributed by atoms with Gasteiger partial charge < -0.3 is 11.1 Å². The molecule has 0 aromatic heterocycles. The zero-order valence-electron chi connectivity index (χ0n) is 7.78. The third kappa shape index (κ3) is 4.81. The first-order valence-electron chi connectivity index (χ1n) is 3.83. The van der Waals surface area contributed by atoms with Gasteiger partial charge in [-0.1, -0.05) is 6.92 Å². The number of hydrogen-bond acceptors (Lipinski definition) is 4. The standard InChI is InChI=1S/C6H15N3O3S/c1-3-9(13(2,11)12)4-6(10)8-5-7/h3-5,7H2,1-2H3,(H,8,10). The molecule has 0 aliphatic carbocycles. The molecule has 0 saturated carbocycles. The molecule has 6 nitrogen and oxygen atoms in total. The first-order chi connectivity index (χ1) is 5.91.